The van der Waals surface area contributed by atoms with Gasteiger partial charge in [0.15, 0.2) is 0 Å². The highest BCUT2D eigenvalue weighted by Gasteiger charge is 2.49. The van der Waals surface area contributed by atoms with Crippen molar-refractivity contribution in [1.29, 1.82) is 0 Å². The number of carbonyl (C=O) groups excluding carboxylic acids is 1. The smallest absolute Gasteiger partial charge is 0.243 e. The zero-order valence-electron chi connectivity index (χ0n) is 16.5. The van der Waals surface area contributed by atoms with E-state index in [1.54, 1.807) is 31.3 Å². The van der Waals surface area contributed by atoms with Crippen LogP contribution in [0.25, 0.3) is 0 Å². The summed E-state index contributed by atoms with van der Waals surface area (Å²) in [5.41, 5.74) is 0.644. The van der Waals surface area contributed by atoms with Crippen LogP contribution in [-0.2, 0) is 21.4 Å². The van der Waals surface area contributed by atoms with Gasteiger partial charge >= 0.3 is 0 Å². The largest absolute Gasteiger partial charge is 0.351 e. The SMILES string of the molecule is CC(C)N(C)S(=O)(=O)c1ccc(CNC(=O)[C@@]23CCCC[C@H]2CNC3)cc1. The summed E-state index contributed by atoms with van der Waals surface area (Å²) in [7, 11) is -1.89. The van der Waals surface area contributed by atoms with Crippen LogP contribution >= 0.6 is 0 Å². The molecule has 0 bridgehead atoms. The number of rotatable bonds is 6. The van der Waals surface area contributed by atoms with Crippen LogP contribution in [0.2, 0.25) is 0 Å². The van der Waals surface area contributed by atoms with Crippen LogP contribution < -0.4 is 10.6 Å². The maximum Gasteiger partial charge on any atom is 0.243 e. The van der Waals surface area contributed by atoms with E-state index in [-0.39, 0.29) is 22.3 Å². The molecule has 27 heavy (non-hydrogen) atoms. The summed E-state index contributed by atoms with van der Waals surface area (Å²) >= 11 is 0. The molecule has 0 radical (unpaired) electrons. The first-order chi connectivity index (χ1) is 12.8. The summed E-state index contributed by atoms with van der Waals surface area (Å²) in [4.78, 5) is 13.2. The van der Waals surface area contributed by atoms with Gasteiger partial charge in [0.1, 0.15) is 0 Å². The maximum absolute atomic E-state index is 12.9. The van der Waals surface area contributed by atoms with Crippen molar-refractivity contribution in [2.75, 3.05) is 20.1 Å². The van der Waals surface area contributed by atoms with E-state index in [0.29, 0.717) is 12.5 Å². The van der Waals surface area contributed by atoms with Crippen molar-refractivity contribution in [3.63, 3.8) is 0 Å². The normalized spacial score (nSPS) is 25.6. The van der Waals surface area contributed by atoms with Crippen LogP contribution in [0.5, 0.6) is 0 Å². The fraction of sp³-hybridized carbons (Fsp3) is 0.650. The van der Waals surface area contributed by atoms with E-state index < -0.39 is 10.0 Å². The van der Waals surface area contributed by atoms with Crippen molar-refractivity contribution in [2.24, 2.45) is 11.3 Å². The second kappa shape index (κ2) is 7.89. The number of hydrogen-bond acceptors (Lipinski definition) is 4. The van der Waals surface area contributed by atoms with Crippen molar-refractivity contribution in [3.05, 3.63) is 29.8 Å². The van der Waals surface area contributed by atoms with Gasteiger partial charge in [0.2, 0.25) is 15.9 Å². The molecule has 2 N–H and O–H groups in total. The van der Waals surface area contributed by atoms with Crippen molar-refractivity contribution in [1.82, 2.24) is 14.9 Å². The molecular formula is C20H31N3O3S. The van der Waals surface area contributed by atoms with Gasteiger partial charge in [0.05, 0.1) is 10.3 Å². The van der Waals surface area contributed by atoms with Crippen molar-refractivity contribution in [3.8, 4) is 0 Å². The van der Waals surface area contributed by atoms with E-state index in [4.69, 9.17) is 0 Å². The molecule has 1 aromatic carbocycles. The molecule has 0 spiro atoms. The van der Waals surface area contributed by atoms with E-state index in [0.717, 1.165) is 37.9 Å². The van der Waals surface area contributed by atoms with Crippen molar-refractivity contribution >= 4 is 15.9 Å². The molecule has 1 aliphatic carbocycles. The summed E-state index contributed by atoms with van der Waals surface area (Å²) in [6.45, 7) is 5.81. The van der Waals surface area contributed by atoms with Gasteiger partial charge in [-0.25, -0.2) is 8.42 Å². The van der Waals surface area contributed by atoms with Crippen LogP contribution in [0.4, 0.5) is 0 Å². The van der Waals surface area contributed by atoms with Crippen LogP contribution in [0.15, 0.2) is 29.2 Å². The van der Waals surface area contributed by atoms with Crippen LogP contribution in [-0.4, -0.2) is 44.8 Å². The number of nitrogens with one attached hydrogen (secondary N) is 2. The second-order valence-electron chi connectivity index (χ2n) is 8.17. The molecule has 1 aliphatic heterocycles. The number of nitrogens with zero attached hydrogens (tertiary/aromatic N) is 1. The molecule has 1 heterocycles. The zero-order valence-corrected chi connectivity index (χ0v) is 17.3. The topological polar surface area (TPSA) is 78.5 Å². The first-order valence-corrected chi connectivity index (χ1v) is 11.3. The lowest BCUT2D eigenvalue weighted by Gasteiger charge is -2.37. The fourth-order valence-electron chi connectivity index (χ4n) is 4.27. The van der Waals surface area contributed by atoms with Gasteiger partial charge in [-0.2, -0.15) is 4.31 Å². The van der Waals surface area contributed by atoms with E-state index >= 15 is 0 Å². The minimum absolute atomic E-state index is 0.100. The Morgan fingerprint density at radius 2 is 2.00 bits per heavy atom. The molecule has 7 heteroatoms. The summed E-state index contributed by atoms with van der Waals surface area (Å²) in [5, 5.41) is 6.49. The van der Waals surface area contributed by atoms with Gasteiger partial charge in [-0.1, -0.05) is 25.0 Å². The molecule has 150 valence electrons. The second-order valence-corrected chi connectivity index (χ2v) is 10.2. The van der Waals surface area contributed by atoms with Crippen LogP contribution in [0.1, 0.15) is 45.1 Å². The molecule has 1 saturated carbocycles. The predicted molar refractivity (Wildman–Crippen MR) is 106 cm³/mol. The first kappa shape index (κ1) is 20.3. The van der Waals surface area contributed by atoms with Gasteiger partial charge in [-0.15, -0.1) is 0 Å². The molecule has 0 unspecified atom stereocenters. The van der Waals surface area contributed by atoms with Crippen LogP contribution in [0.3, 0.4) is 0 Å². The standard InChI is InChI=1S/C20H31N3O3S/c1-15(2)23(3)27(25,26)18-9-7-16(8-10-18)12-22-19(24)20-11-5-4-6-17(20)13-21-14-20/h7-10,15,17,21H,4-6,11-14H2,1-3H3,(H,22,24)/t17-,20+/m0/s1. The van der Waals surface area contributed by atoms with Gasteiger partial charge < -0.3 is 10.6 Å². The molecule has 2 fully saturated rings. The number of benzene rings is 1. The minimum atomic E-state index is -3.48. The number of fused-ring (bicyclic) bond motifs is 1. The first-order valence-electron chi connectivity index (χ1n) is 9.83. The quantitative estimate of drug-likeness (QED) is 0.776. The lowest BCUT2D eigenvalue weighted by molar-refractivity contribution is -0.134. The number of amides is 1. The highest BCUT2D eigenvalue weighted by atomic mass is 32.2. The average Bonchev–Trinajstić information content (AvgIpc) is 3.11. The molecular weight excluding hydrogens is 362 g/mol. The molecule has 2 atom stereocenters. The maximum atomic E-state index is 12.9. The third-order valence-corrected chi connectivity index (χ3v) is 8.32. The molecule has 1 aromatic rings. The monoisotopic (exact) mass is 393 g/mol. The van der Waals surface area contributed by atoms with Crippen molar-refractivity contribution < 1.29 is 13.2 Å². The van der Waals surface area contributed by atoms with Gasteiger partial charge in [0, 0.05) is 26.2 Å². The number of hydrogen-bond donors (Lipinski definition) is 2. The predicted octanol–water partition coefficient (Wildman–Crippen LogP) is 2.11. The average molecular weight is 394 g/mol. The van der Waals surface area contributed by atoms with Gasteiger partial charge in [-0.05, 0) is 56.8 Å². The Labute approximate surface area is 162 Å². The lowest BCUT2D eigenvalue weighted by atomic mass is 9.67. The van der Waals surface area contributed by atoms with E-state index in [1.165, 1.54) is 10.7 Å². The Morgan fingerprint density at radius 3 is 2.67 bits per heavy atom. The van der Waals surface area contributed by atoms with Gasteiger partial charge in [-0.3, -0.25) is 4.79 Å². The Balaban J connectivity index is 1.65. The molecule has 1 amide bonds. The highest BCUT2D eigenvalue weighted by molar-refractivity contribution is 7.89. The van der Waals surface area contributed by atoms with E-state index in [2.05, 4.69) is 10.6 Å². The number of carbonyl (C=O) groups is 1. The third-order valence-electron chi connectivity index (χ3n) is 6.27. The Hall–Kier alpha value is -1.44. The molecule has 6 nitrogen and oxygen atoms in total. The van der Waals surface area contributed by atoms with Crippen LogP contribution in [0, 0.1) is 11.3 Å². The fourth-order valence-corrected chi connectivity index (χ4v) is 5.64. The third kappa shape index (κ3) is 3.91. The Morgan fingerprint density at radius 1 is 1.30 bits per heavy atom. The molecule has 1 saturated heterocycles. The van der Waals surface area contributed by atoms with Gasteiger partial charge in [0.25, 0.3) is 0 Å². The highest BCUT2D eigenvalue weighted by Crippen LogP contribution is 2.43. The Bertz CT molecular complexity index is 776. The Kier molecular flexibility index (Phi) is 5.93. The van der Waals surface area contributed by atoms with Crippen molar-refractivity contribution in [2.45, 2.75) is 57.0 Å². The molecule has 2 aliphatic rings. The summed E-state index contributed by atoms with van der Waals surface area (Å²) in [5.74, 6) is 0.568. The minimum Gasteiger partial charge on any atom is -0.351 e. The summed E-state index contributed by atoms with van der Waals surface area (Å²) < 4.78 is 26.4. The summed E-state index contributed by atoms with van der Waals surface area (Å²) in [6.07, 6.45) is 4.40. The van der Waals surface area contributed by atoms with E-state index in [1.807, 2.05) is 13.8 Å². The zero-order chi connectivity index (χ0) is 19.7. The summed E-state index contributed by atoms with van der Waals surface area (Å²) in [6, 6.07) is 6.70. The lowest BCUT2D eigenvalue weighted by Crippen LogP contribution is -2.47. The molecule has 3 rings (SSSR count). The number of sulfonamides is 1. The van der Waals surface area contributed by atoms with E-state index in [9.17, 15) is 13.2 Å². The molecule has 0 aromatic heterocycles.